The maximum atomic E-state index is 12.8. The second-order valence-corrected chi connectivity index (χ2v) is 5.72. The zero-order valence-electron chi connectivity index (χ0n) is 12.4. The van der Waals surface area contributed by atoms with Crippen LogP contribution in [0.1, 0.15) is 40.4 Å². The Morgan fingerprint density at radius 3 is 2.15 bits per heavy atom. The van der Waals surface area contributed by atoms with Crippen molar-refractivity contribution in [1.29, 1.82) is 0 Å². The molecule has 7 heteroatoms. The van der Waals surface area contributed by atoms with Gasteiger partial charge in [0.1, 0.15) is 11.6 Å². The molecule has 0 radical (unpaired) electrons. The summed E-state index contributed by atoms with van der Waals surface area (Å²) in [5.74, 6) is -0.802. The van der Waals surface area contributed by atoms with E-state index in [0.29, 0.717) is 6.54 Å². The lowest BCUT2D eigenvalue weighted by atomic mass is 9.88. The first-order valence-electron chi connectivity index (χ1n) is 6.50. The fourth-order valence-corrected chi connectivity index (χ4v) is 1.36. The Labute approximate surface area is 117 Å². The first kappa shape index (κ1) is 16.5. The number of nitrogens with zero attached hydrogens (tertiary/aromatic N) is 2. The highest BCUT2D eigenvalue weighted by atomic mass is 19.4. The van der Waals surface area contributed by atoms with Gasteiger partial charge in [-0.2, -0.15) is 13.2 Å². The Hall–Kier alpha value is -1.53. The minimum atomic E-state index is -4.56. The Balaban J connectivity index is 3.09. The zero-order valence-corrected chi connectivity index (χ0v) is 12.4. The van der Waals surface area contributed by atoms with Crippen LogP contribution in [0.15, 0.2) is 6.07 Å². The summed E-state index contributed by atoms with van der Waals surface area (Å²) in [7, 11) is 0. The largest absolute Gasteiger partial charge is 0.451 e. The number of halogens is 3. The molecule has 4 nitrogen and oxygen atoms in total. The molecule has 0 fully saturated rings. The van der Waals surface area contributed by atoms with Crippen molar-refractivity contribution in [3.63, 3.8) is 0 Å². The summed E-state index contributed by atoms with van der Waals surface area (Å²) >= 11 is 0. The van der Waals surface area contributed by atoms with Crippen LogP contribution in [0.4, 0.5) is 24.8 Å². The normalized spacial score (nSPS) is 14.0. The van der Waals surface area contributed by atoms with Crippen LogP contribution < -0.4 is 10.6 Å². The molecule has 0 aliphatic carbocycles. The van der Waals surface area contributed by atoms with E-state index in [4.69, 9.17) is 0 Å². The van der Waals surface area contributed by atoms with Gasteiger partial charge in [0.05, 0.1) is 0 Å². The van der Waals surface area contributed by atoms with Gasteiger partial charge >= 0.3 is 6.18 Å². The molecule has 2 N–H and O–H groups in total. The van der Waals surface area contributed by atoms with E-state index in [-0.39, 0.29) is 23.1 Å². The maximum Gasteiger partial charge on any atom is 0.451 e. The van der Waals surface area contributed by atoms with Gasteiger partial charge in [-0.05, 0) is 19.3 Å². The third kappa shape index (κ3) is 4.54. The summed E-state index contributed by atoms with van der Waals surface area (Å²) < 4.78 is 38.3. The highest BCUT2D eigenvalue weighted by Crippen LogP contribution is 2.29. The topological polar surface area (TPSA) is 49.8 Å². The number of nitrogens with one attached hydrogen (secondary N) is 2. The molecule has 0 bridgehead atoms. The number of alkyl halides is 3. The van der Waals surface area contributed by atoms with Gasteiger partial charge in [0, 0.05) is 18.7 Å². The Morgan fingerprint density at radius 1 is 1.15 bits per heavy atom. The molecule has 0 spiro atoms. The molecule has 0 saturated heterocycles. The fraction of sp³-hybridized carbons (Fsp3) is 0.692. The van der Waals surface area contributed by atoms with Crippen molar-refractivity contribution < 1.29 is 13.2 Å². The van der Waals surface area contributed by atoms with Crippen LogP contribution in [-0.4, -0.2) is 22.6 Å². The SMILES string of the molecule is CCNc1cc(NC(C)C(C)(C)C)nc(C(F)(F)F)n1. The molecule has 0 amide bonds. The van der Waals surface area contributed by atoms with Crippen molar-refractivity contribution in [2.24, 2.45) is 5.41 Å². The minimum Gasteiger partial charge on any atom is -0.370 e. The van der Waals surface area contributed by atoms with E-state index in [9.17, 15) is 13.2 Å². The van der Waals surface area contributed by atoms with Gasteiger partial charge in [-0.25, -0.2) is 9.97 Å². The third-order valence-electron chi connectivity index (χ3n) is 3.00. The van der Waals surface area contributed by atoms with Gasteiger partial charge in [0.15, 0.2) is 0 Å². The summed E-state index contributed by atoms with van der Waals surface area (Å²) in [4.78, 5) is 7.03. The quantitative estimate of drug-likeness (QED) is 0.886. The van der Waals surface area contributed by atoms with E-state index < -0.39 is 12.0 Å². The van der Waals surface area contributed by atoms with Gasteiger partial charge in [-0.3, -0.25) is 0 Å². The van der Waals surface area contributed by atoms with Crippen LogP contribution in [0.5, 0.6) is 0 Å². The molecular formula is C13H21F3N4. The van der Waals surface area contributed by atoms with Crippen molar-refractivity contribution in [2.75, 3.05) is 17.2 Å². The maximum absolute atomic E-state index is 12.8. The first-order chi connectivity index (χ1) is 9.04. The Bertz CT molecular complexity index is 452. The van der Waals surface area contributed by atoms with Crippen molar-refractivity contribution in [1.82, 2.24) is 9.97 Å². The lowest BCUT2D eigenvalue weighted by molar-refractivity contribution is -0.144. The molecular weight excluding hydrogens is 269 g/mol. The molecule has 20 heavy (non-hydrogen) atoms. The zero-order chi connectivity index (χ0) is 15.6. The molecule has 0 aliphatic rings. The highest BCUT2D eigenvalue weighted by molar-refractivity contribution is 5.48. The smallest absolute Gasteiger partial charge is 0.370 e. The average molecular weight is 290 g/mol. The molecule has 1 atom stereocenters. The monoisotopic (exact) mass is 290 g/mol. The van der Waals surface area contributed by atoms with Crippen LogP contribution >= 0.6 is 0 Å². The van der Waals surface area contributed by atoms with Gasteiger partial charge in [0.25, 0.3) is 0 Å². The number of anilines is 2. The number of aromatic nitrogens is 2. The second-order valence-electron chi connectivity index (χ2n) is 5.72. The summed E-state index contributed by atoms with van der Waals surface area (Å²) in [5, 5.41) is 5.78. The molecule has 1 rings (SSSR count). The van der Waals surface area contributed by atoms with E-state index in [2.05, 4.69) is 20.6 Å². The number of rotatable bonds is 4. The standard InChI is InChI=1S/C13H21F3N4/c1-6-17-9-7-10(18-8(2)12(3,4)5)20-11(19-9)13(14,15)16/h7-8H,6H2,1-5H3,(H2,17,18,19,20). The van der Waals surface area contributed by atoms with Crippen LogP contribution in [0, 0.1) is 5.41 Å². The van der Waals surface area contributed by atoms with E-state index >= 15 is 0 Å². The molecule has 1 heterocycles. The molecule has 1 aromatic rings. The summed E-state index contributed by atoms with van der Waals surface area (Å²) in [5.41, 5.74) is -0.0955. The van der Waals surface area contributed by atoms with Gasteiger partial charge in [0.2, 0.25) is 5.82 Å². The van der Waals surface area contributed by atoms with Crippen LogP contribution in [-0.2, 0) is 6.18 Å². The van der Waals surface area contributed by atoms with Gasteiger partial charge < -0.3 is 10.6 Å². The third-order valence-corrected chi connectivity index (χ3v) is 3.00. The van der Waals surface area contributed by atoms with Gasteiger partial charge in [-0.15, -0.1) is 0 Å². The summed E-state index contributed by atoms with van der Waals surface area (Å²) in [6.07, 6.45) is -4.56. The van der Waals surface area contributed by atoms with Crippen LogP contribution in [0.25, 0.3) is 0 Å². The molecule has 1 unspecified atom stereocenters. The average Bonchev–Trinajstić information content (AvgIpc) is 2.26. The van der Waals surface area contributed by atoms with E-state index in [1.807, 2.05) is 27.7 Å². The van der Waals surface area contributed by atoms with E-state index in [0.717, 1.165) is 0 Å². The van der Waals surface area contributed by atoms with Crippen molar-refractivity contribution in [3.05, 3.63) is 11.9 Å². The Kier molecular flexibility index (Phi) is 4.83. The predicted molar refractivity (Wildman–Crippen MR) is 73.7 cm³/mol. The Morgan fingerprint density at radius 2 is 1.70 bits per heavy atom. The lowest BCUT2D eigenvalue weighted by Crippen LogP contribution is -2.31. The predicted octanol–water partition coefficient (Wildman–Crippen LogP) is 3.77. The van der Waals surface area contributed by atoms with Gasteiger partial charge in [-0.1, -0.05) is 20.8 Å². The van der Waals surface area contributed by atoms with E-state index in [1.54, 1.807) is 6.92 Å². The number of hydrogen-bond donors (Lipinski definition) is 2. The molecule has 114 valence electrons. The second kappa shape index (κ2) is 5.85. The number of hydrogen-bond acceptors (Lipinski definition) is 4. The molecule has 0 saturated carbocycles. The van der Waals surface area contributed by atoms with Crippen LogP contribution in [0.3, 0.4) is 0 Å². The minimum absolute atomic E-state index is 0.0343. The highest BCUT2D eigenvalue weighted by Gasteiger charge is 2.35. The van der Waals surface area contributed by atoms with Crippen molar-refractivity contribution >= 4 is 11.6 Å². The van der Waals surface area contributed by atoms with Crippen LogP contribution in [0.2, 0.25) is 0 Å². The molecule has 0 aromatic carbocycles. The summed E-state index contributed by atoms with van der Waals surface area (Å²) in [6, 6.07) is 1.45. The lowest BCUT2D eigenvalue weighted by Gasteiger charge is -2.28. The summed E-state index contributed by atoms with van der Waals surface area (Å²) in [6.45, 7) is 10.2. The van der Waals surface area contributed by atoms with Crippen molar-refractivity contribution in [2.45, 2.75) is 46.8 Å². The van der Waals surface area contributed by atoms with Crippen molar-refractivity contribution in [3.8, 4) is 0 Å². The van der Waals surface area contributed by atoms with E-state index in [1.165, 1.54) is 6.07 Å². The molecule has 1 aromatic heterocycles. The first-order valence-corrected chi connectivity index (χ1v) is 6.50. The fourth-order valence-electron chi connectivity index (χ4n) is 1.36. The molecule has 0 aliphatic heterocycles.